The van der Waals surface area contributed by atoms with E-state index in [2.05, 4.69) is 28.9 Å². The number of aliphatic hydroxyl groups is 1. The highest BCUT2D eigenvalue weighted by Crippen LogP contribution is 2.36. The molecule has 0 bridgehead atoms. The van der Waals surface area contributed by atoms with E-state index in [1.165, 1.54) is 10.4 Å². The fraction of sp³-hybridized carbons (Fsp3) is 0.333. The lowest BCUT2D eigenvalue weighted by atomic mass is 10.1. The largest absolute Gasteiger partial charge is 0.383 e. The Balaban J connectivity index is 2.38. The van der Waals surface area contributed by atoms with Crippen LogP contribution in [-0.2, 0) is 6.42 Å². The van der Waals surface area contributed by atoms with Gasteiger partial charge in [-0.2, -0.15) is 0 Å². The third-order valence-corrected chi connectivity index (χ3v) is 5.21. The van der Waals surface area contributed by atoms with E-state index in [-0.39, 0.29) is 0 Å². The summed E-state index contributed by atoms with van der Waals surface area (Å²) in [6.07, 6.45) is 0.498. The van der Waals surface area contributed by atoms with E-state index in [1.807, 2.05) is 18.4 Å². The molecule has 0 saturated heterocycles. The molecule has 0 aliphatic carbocycles. The van der Waals surface area contributed by atoms with Gasteiger partial charge in [0.05, 0.1) is 3.79 Å². The van der Waals surface area contributed by atoms with Gasteiger partial charge in [0.25, 0.3) is 0 Å². The molecule has 2 rings (SSSR count). The highest BCUT2D eigenvalue weighted by atomic mass is 79.9. The Morgan fingerprint density at radius 1 is 1.50 bits per heavy atom. The lowest BCUT2D eigenvalue weighted by molar-refractivity contribution is 0.223. The summed E-state index contributed by atoms with van der Waals surface area (Å²) < 4.78 is 1.08. The number of hydrogen-bond acceptors (Lipinski definition) is 3. The van der Waals surface area contributed by atoms with Crippen LogP contribution in [0.3, 0.4) is 0 Å². The minimum Gasteiger partial charge on any atom is -0.383 e. The fourth-order valence-electron chi connectivity index (χ4n) is 1.75. The molecule has 0 aliphatic rings. The zero-order chi connectivity index (χ0) is 11.7. The summed E-state index contributed by atoms with van der Waals surface area (Å²) in [5, 5.41) is 12.4. The van der Waals surface area contributed by atoms with Crippen LogP contribution in [0.1, 0.15) is 33.9 Å². The summed E-state index contributed by atoms with van der Waals surface area (Å²) in [6.45, 7) is 4.17. The van der Waals surface area contributed by atoms with Crippen LogP contribution in [0.2, 0.25) is 0 Å². The van der Waals surface area contributed by atoms with Gasteiger partial charge >= 0.3 is 0 Å². The van der Waals surface area contributed by atoms with Gasteiger partial charge in [-0.05, 0) is 52.4 Å². The predicted molar refractivity (Wildman–Crippen MR) is 74.5 cm³/mol. The Bertz CT molecular complexity index is 487. The zero-order valence-electron chi connectivity index (χ0n) is 9.16. The van der Waals surface area contributed by atoms with Crippen molar-refractivity contribution in [1.29, 1.82) is 0 Å². The number of aryl methyl sites for hydroxylation is 2. The monoisotopic (exact) mass is 316 g/mol. The summed E-state index contributed by atoms with van der Waals surface area (Å²) >= 11 is 6.76. The first-order valence-electron chi connectivity index (χ1n) is 5.13. The van der Waals surface area contributed by atoms with Crippen LogP contribution in [0.5, 0.6) is 0 Å². The molecule has 4 heteroatoms. The van der Waals surface area contributed by atoms with Crippen molar-refractivity contribution in [3.05, 3.63) is 42.2 Å². The molecule has 1 atom stereocenters. The average molecular weight is 317 g/mol. The Hall–Kier alpha value is -0.160. The molecule has 0 radical (unpaired) electrons. The van der Waals surface area contributed by atoms with Gasteiger partial charge < -0.3 is 5.11 Å². The van der Waals surface area contributed by atoms with Gasteiger partial charge in [-0.25, -0.2) is 0 Å². The van der Waals surface area contributed by atoms with E-state index in [0.717, 1.165) is 20.6 Å². The van der Waals surface area contributed by atoms with E-state index in [9.17, 15) is 5.11 Å². The quantitative estimate of drug-likeness (QED) is 0.882. The Morgan fingerprint density at radius 2 is 2.25 bits per heavy atom. The second-order valence-electron chi connectivity index (χ2n) is 3.63. The van der Waals surface area contributed by atoms with Crippen molar-refractivity contribution in [2.24, 2.45) is 0 Å². The van der Waals surface area contributed by atoms with Crippen LogP contribution in [0.25, 0.3) is 0 Å². The minimum atomic E-state index is -0.475. The number of aliphatic hydroxyl groups excluding tert-OH is 1. The molecule has 0 aliphatic heterocycles. The van der Waals surface area contributed by atoms with Gasteiger partial charge in [-0.3, -0.25) is 0 Å². The van der Waals surface area contributed by atoms with Crippen molar-refractivity contribution < 1.29 is 5.11 Å². The van der Waals surface area contributed by atoms with Crippen molar-refractivity contribution in [3.8, 4) is 0 Å². The smallest absolute Gasteiger partial charge is 0.115 e. The third-order valence-electron chi connectivity index (χ3n) is 2.63. The van der Waals surface area contributed by atoms with E-state index < -0.39 is 6.10 Å². The van der Waals surface area contributed by atoms with Crippen molar-refractivity contribution in [2.75, 3.05) is 0 Å². The van der Waals surface area contributed by atoms with Crippen LogP contribution in [-0.4, -0.2) is 5.11 Å². The van der Waals surface area contributed by atoms with Gasteiger partial charge in [-0.1, -0.05) is 6.92 Å². The molecule has 2 aromatic heterocycles. The van der Waals surface area contributed by atoms with E-state index >= 15 is 0 Å². The van der Waals surface area contributed by atoms with Crippen molar-refractivity contribution in [1.82, 2.24) is 0 Å². The number of rotatable bonds is 3. The maximum Gasteiger partial charge on any atom is 0.115 e. The standard InChI is InChI=1S/C12H13BrOS2/c1-3-8-4-5-15-12(8)11(14)9-6-10(13)16-7(9)2/h4-6,11,14H,3H2,1-2H3. The molecule has 0 aromatic carbocycles. The predicted octanol–water partition coefficient (Wildman–Crippen LogP) is 4.52. The molecule has 0 saturated carbocycles. The normalized spacial score (nSPS) is 13.0. The first-order valence-corrected chi connectivity index (χ1v) is 7.62. The summed E-state index contributed by atoms with van der Waals surface area (Å²) in [5.41, 5.74) is 2.27. The molecule has 1 N–H and O–H groups in total. The lowest BCUT2D eigenvalue weighted by Gasteiger charge is -2.10. The molecule has 16 heavy (non-hydrogen) atoms. The second kappa shape index (κ2) is 5.00. The van der Waals surface area contributed by atoms with E-state index in [1.54, 1.807) is 22.7 Å². The summed E-state index contributed by atoms with van der Waals surface area (Å²) in [4.78, 5) is 2.26. The Morgan fingerprint density at radius 3 is 2.81 bits per heavy atom. The highest BCUT2D eigenvalue weighted by molar-refractivity contribution is 9.11. The first-order chi connectivity index (χ1) is 7.63. The second-order valence-corrected chi connectivity index (χ2v) is 7.21. The van der Waals surface area contributed by atoms with Gasteiger partial charge in [0.15, 0.2) is 0 Å². The Labute approximate surface area is 112 Å². The van der Waals surface area contributed by atoms with Crippen LogP contribution in [0.4, 0.5) is 0 Å². The summed E-state index contributed by atoms with van der Waals surface area (Å²) in [7, 11) is 0. The molecule has 0 spiro atoms. The van der Waals surface area contributed by atoms with E-state index in [4.69, 9.17) is 0 Å². The topological polar surface area (TPSA) is 20.2 Å². The minimum absolute atomic E-state index is 0.475. The Kier molecular flexibility index (Phi) is 3.85. The average Bonchev–Trinajstić information content (AvgIpc) is 2.83. The fourth-order valence-corrected chi connectivity index (χ4v) is 4.49. The van der Waals surface area contributed by atoms with Gasteiger partial charge in [0.2, 0.25) is 0 Å². The molecule has 86 valence electrons. The highest BCUT2D eigenvalue weighted by Gasteiger charge is 2.19. The van der Waals surface area contributed by atoms with Crippen molar-refractivity contribution in [2.45, 2.75) is 26.4 Å². The molecule has 0 amide bonds. The number of halogens is 1. The first kappa shape index (κ1) is 12.3. The van der Waals surface area contributed by atoms with Crippen LogP contribution < -0.4 is 0 Å². The van der Waals surface area contributed by atoms with Gasteiger partial charge in [-0.15, -0.1) is 22.7 Å². The summed E-state index contributed by atoms with van der Waals surface area (Å²) in [6, 6.07) is 4.11. The van der Waals surface area contributed by atoms with Crippen LogP contribution in [0, 0.1) is 6.92 Å². The molecular formula is C12H13BrOS2. The molecule has 0 fully saturated rings. The molecular weight excluding hydrogens is 304 g/mol. The molecule has 2 aromatic rings. The SMILES string of the molecule is CCc1ccsc1C(O)c1cc(Br)sc1C. The molecule has 1 unspecified atom stereocenters. The molecule has 1 nitrogen and oxygen atoms in total. The third kappa shape index (κ3) is 2.25. The van der Waals surface area contributed by atoms with Crippen molar-refractivity contribution in [3.63, 3.8) is 0 Å². The van der Waals surface area contributed by atoms with Crippen LogP contribution in [0.15, 0.2) is 21.3 Å². The maximum absolute atomic E-state index is 10.4. The van der Waals surface area contributed by atoms with Gasteiger partial charge in [0.1, 0.15) is 6.10 Å². The summed E-state index contributed by atoms with van der Waals surface area (Å²) in [5.74, 6) is 0. The van der Waals surface area contributed by atoms with Crippen molar-refractivity contribution >= 4 is 38.6 Å². The number of thiophene rings is 2. The van der Waals surface area contributed by atoms with Crippen LogP contribution >= 0.6 is 38.6 Å². The number of hydrogen-bond donors (Lipinski definition) is 1. The zero-order valence-corrected chi connectivity index (χ0v) is 12.4. The maximum atomic E-state index is 10.4. The molecule has 2 heterocycles. The van der Waals surface area contributed by atoms with E-state index in [0.29, 0.717) is 0 Å². The van der Waals surface area contributed by atoms with Gasteiger partial charge in [0, 0.05) is 15.3 Å². The lowest BCUT2D eigenvalue weighted by Crippen LogP contribution is -1.99.